The number of rotatable bonds is 5. The highest BCUT2D eigenvalue weighted by Gasteiger charge is 2.35. The Balaban J connectivity index is 1.83. The van der Waals surface area contributed by atoms with Crippen LogP contribution in [-0.4, -0.2) is 48.6 Å². The van der Waals surface area contributed by atoms with Crippen molar-refractivity contribution in [2.75, 3.05) is 32.4 Å². The number of hydrogen-bond acceptors (Lipinski definition) is 3. The Morgan fingerprint density at radius 3 is 2.94 bits per heavy atom. The van der Waals surface area contributed by atoms with E-state index in [-0.39, 0.29) is 0 Å². The second-order valence-corrected chi connectivity index (χ2v) is 6.72. The average molecular weight is 242 g/mol. The Labute approximate surface area is 105 Å². The molecule has 0 aromatic rings. The van der Waals surface area contributed by atoms with Crippen molar-refractivity contribution < 1.29 is 0 Å². The van der Waals surface area contributed by atoms with Gasteiger partial charge in [0.15, 0.2) is 0 Å². The zero-order valence-electron chi connectivity index (χ0n) is 10.7. The lowest BCUT2D eigenvalue weighted by Crippen LogP contribution is -2.38. The zero-order valence-corrected chi connectivity index (χ0v) is 11.6. The molecule has 3 heteroatoms. The topological polar surface area (TPSA) is 15.3 Å². The Morgan fingerprint density at radius 2 is 2.19 bits per heavy atom. The first-order valence-corrected chi connectivity index (χ1v) is 7.90. The van der Waals surface area contributed by atoms with Crippen LogP contribution in [-0.2, 0) is 0 Å². The van der Waals surface area contributed by atoms with Crippen LogP contribution in [0.4, 0.5) is 0 Å². The molecular weight excluding hydrogens is 216 g/mol. The van der Waals surface area contributed by atoms with Gasteiger partial charge in [0.05, 0.1) is 0 Å². The van der Waals surface area contributed by atoms with E-state index in [9.17, 15) is 0 Å². The molecule has 2 aliphatic rings. The minimum atomic E-state index is 0.895. The first-order chi connectivity index (χ1) is 7.85. The summed E-state index contributed by atoms with van der Waals surface area (Å²) >= 11 is 2.19. The molecule has 1 aliphatic carbocycles. The van der Waals surface area contributed by atoms with E-state index in [0.717, 1.165) is 17.2 Å². The highest BCUT2D eigenvalue weighted by molar-refractivity contribution is 7.99. The van der Waals surface area contributed by atoms with Gasteiger partial charge in [-0.15, -0.1) is 0 Å². The van der Waals surface area contributed by atoms with Gasteiger partial charge in [-0.2, -0.15) is 11.8 Å². The van der Waals surface area contributed by atoms with Crippen molar-refractivity contribution in [3.8, 4) is 0 Å². The lowest BCUT2D eigenvalue weighted by atomic mass is 10.1. The first-order valence-electron chi connectivity index (χ1n) is 6.85. The summed E-state index contributed by atoms with van der Waals surface area (Å²) in [6.07, 6.45) is 5.76. The number of nitrogens with zero attached hydrogens (tertiary/aromatic N) is 1. The number of nitrogens with one attached hydrogen (secondary N) is 1. The zero-order chi connectivity index (χ0) is 11.4. The van der Waals surface area contributed by atoms with Gasteiger partial charge in [0, 0.05) is 17.8 Å². The van der Waals surface area contributed by atoms with Gasteiger partial charge >= 0.3 is 0 Å². The van der Waals surface area contributed by atoms with Crippen molar-refractivity contribution in [2.45, 2.75) is 43.9 Å². The molecule has 3 unspecified atom stereocenters. The van der Waals surface area contributed by atoms with E-state index in [1.807, 2.05) is 0 Å². The van der Waals surface area contributed by atoms with Gasteiger partial charge in [-0.05, 0) is 51.1 Å². The van der Waals surface area contributed by atoms with Crippen molar-refractivity contribution >= 4 is 11.8 Å². The second-order valence-electron chi connectivity index (χ2n) is 5.20. The van der Waals surface area contributed by atoms with Gasteiger partial charge in [-0.3, -0.25) is 4.90 Å². The third-order valence-corrected chi connectivity index (χ3v) is 5.39. The van der Waals surface area contributed by atoms with Crippen molar-refractivity contribution in [2.24, 2.45) is 5.92 Å². The number of likely N-dealkylation sites (tertiary alicyclic amines) is 1. The van der Waals surface area contributed by atoms with Crippen molar-refractivity contribution in [3.63, 3.8) is 0 Å². The summed E-state index contributed by atoms with van der Waals surface area (Å²) in [6.45, 7) is 6.19. The van der Waals surface area contributed by atoms with E-state index >= 15 is 0 Å². The van der Waals surface area contributed by atoms with E-state index in [1.165, 1.54) is 51.1 Å². The molecule has 0 aromatic carbocycles. The minimum absolute atomic E-state index is 0.895. The summed E-state index contributed by atoms with van der Waals surface area (Å²) in [5, 5.41) is 4.25. The van der Waals surface area contributed by atoms with E-state index in [2.05, 4.69) is 35.9 Å². The molecule has 2 nitrogen and oxygen atoms in total. The minimum Gasteiger partial charge on any atom is -0.319 e. The Morgan fingerprint density at radius 1 is 1.31 bits per heavy atom. The van der Waals surface area contributed by atoms with E-state index < -0.39 is 0 Å². The van der Waals surface area contributed by atoms with Gasteiger partial charge in [-0.1, -0.05) is 13.3 Å². The van der Waals surface area contributed by atoms with Crippen LogP contribution in [0.5, 0.6) is 0 Å². The molecule has 1 saturated heterocycles. The molecule has 0 bridgehead atoms. The lowest BCUT2D eigenvalue weighted by molar-refractivity contribution is 0.241. The predicted molar refractivity (Wildman–Crippen MR) is 73.2 cm³/mol. The number of thioether (sulfide) groups is 1. The summed E-state index contributed by atoms with van der Waals surface area (Å²) < 4.78 is 0. The van der Waals surface area contributed by atoms with Crippen LogP contribution in [0.3, 0.4) is 0 Å². The molecule has 94 valence electrons. The lowest BCUT2D eigenvalue weighted by Gasteiger charge is -2.29. The summed E-state index contributed by atoms with van der Waals surface area (Å²) in [4.78, 5) is 2.78. The third-order valence-electron chi connectivity index (χ3n) is 4.08. The first kappa shape index (κ1) is 12.7. The largest absolute Gasteiger partial charge is 0.319 e. The summed E-state index contributed by atoms with van der Waals surface area (Å²) in [6, 6.07) is 0.895. The Hall–Kier alpha value is 0.270. The fourth-order valence-corrected chi connectivity index (χ4v) is 4.64. The molecule has 1 N–H and O–H groups in total. The van der Waals surface area contributed by atoms with Crippen LogP contribution in [0.1, 0.15) is 32.6 Å². The normalized spacial score (nSPS) is 36.0. The molecule has 3 atom stereocenters. The molecule has 2 fully saturated rings. The van der Waals surface area contributed by atoms with Crippen LogP contribution in [0.15, 0.2) is 0 Å². The molecule has 0 aromatic heterocycles. The van der Waals surface area contributed by atoms with E-state index in [0.29, 0.717) is 0 Å². The van der Waals surface area contributed by atoms with Crippen molar-refractivity contribution in [3.05, 3.63) is 0 Å². The van der Waals surface area contributed by atoms with Crippen molar-refractivity contribution in [1.82, 2.24) is 10.2 Å². The quantitative estimate of drug-likeness (QED) is 0.796. The van der Waals surface area contributed by atoms with Crippen LogP contribution in [0.25, 0.3) is 0 Å². The smallest absolute Gasteiger partial charge is 0.0214 e. The second kappa shape index (κ2) is 6.27. The van der Waals surface area contributed by atoms with Gasteiger partial charge in [0.25, 0.3) is 0 Å². The molecule has 16 heavy (non-hydrogen) atoms. The van der Waals surface area contributed by atoms with Crippen LogP contribution in [0, 0.1) is 5.92 Å². The summed E-state index contributed by atoms with van der Waals surface area (Å²) in [5.74, 6) is 2.19. The number of hydrogen-bond donors (Lipinski definition) is 1. The van der Waals surface area contributed by atoms with E-state index in [4.69, 9.17) is 0 Å². The Bertz CT molecular complexity index is 210. The van der Waals surface area contributed by atoms with Gasteiger partial charge < -0.3 is 5.32 Å². The maximum atomic E-state index is 3.33. The maximum Gasteiger partial charge on any atom is 0.0214 e. The van der Waals surface area contributed by atoms with E-state index in [1.54, 1.807) is 0 Å². The molecule has 2 rings (SSSR count). The standard InChI is InChI=1S/C13H26N2S/c1-3-16-13-6-4-5-12(13)15-8-7-11(10-15)9-14-2/h11-14H,3-10H2,1-2H3. The third kappa shape index (κ3) is 2.93. The van der Waals surface area contributed by atoms with Crippen molar-refractivity contribution in [1.29, 1.82) is 0 Å². The SMILES string of the molecule is CCSC1CCCC1N1CCC(CNC)C1. The van der Waals surface area contributed by atoms with Crippen LogP contribution < -0.4 is 5.32 Å². The summed E-state index contributed by atoms with van der Waals surface area (Å²) in [5.41, 5.74) is 0. The molecule has 0 amide bonds. The molecule has 1 heterocycles. The fourth-order valence-electron chi connectivity index (χ4n) is 3.35. The van der Waals surface area contributed by atoms with Crippen LogP contribution >= 0.6 is 11.8 Å². The van der Waals surface area contributed by atoms with Crippen LogP contribution in [0.2, 0.25) is 0 Å². The Kier molecular flexibility index (Phi) is 4.98. The molecule has 0 spiro atoms. The van der Waals surface area contributed by atoms with Gasteiger partial charge in [0.1, 0.15) is 0 Å². The maximum absolute atomic E-state index is 3.33. The highest BCUT2D eigenvalue weighted by Crippen LogP contribution is 2.35. The molecule has 1 saturated carbocycles. The fraction of sp³-hybridized carbons (Fsp3) is 1.00. The monoisotopic (exact) mass is 242 g/mol. The molecule has 0 radical (unpaired) electrons. The van der Waals surface area contributed by atoms with Gasteiger partial charge in [-0.25, -0.2) is 0 Å². The van der Waals surface area contributed by atoms with Gasteiger partial charge in [0.2, 0.25) is 0 Å². The molecular formula is C13H26N2S. The highest BCUT2D eigenvalue weighted by atomic mass is 32.2. The predicted octanol–water partition coefficient (Wildman–Crippen LogP) is 2.20. The summed E-state index contributed by atoms with van der Waals surface area (Å²) in [7, 11) is 2.08. The average Bonchev–Trinajstić information content (AvgIpc) is 2.87. The molecule has 1 aliphatic heterocycles.